The van der Waals surface area contributed by atoms with E-state index in [0.717, 1.165) is 0 Å². The third-order valence-electron chi connectivity index (χ3n) is 2.39. The molecule has 0 spiro atoms. The van der Waals surface area contributed by atoms with Crippen LogP contribution in [0.3, 0.4) is 0 Å². The van der Waals surface area contributed by atoms with Crippen LogP contribution in [-0.4, -0.2) is 34.4 Å². The highest BCUT2D eigenvalue weighted by Gasteiger charge is 2.22. The fourth-order valence-corrected chi connectivity index (χ4v) is 1.70. The Kier molecular flexibility index (Phi) is 5.09. The third-order valence-corrected chi connectivity index (χ3v) is 2.82. The van der Waals surface area contributed by atoms with Gasteiger partial charge in [0.1, 0.15) is 0 Å². The van der Waals surface area contributed by atoms with Gasteiger partial charge in [-0.25, -0.2) is 0 Å². The van der Waals surface area contributed by atoms with Crippen molar-refractivity contribution in [3.8, 4) is 17.2 Å². The van der Waals surface area contributed by atoms with Crippen molar-refractivity contribution in [1.29, 1.82) is 0 Å². The first-order valence-electron chi connectivity index (χ1n) is 5.10. The van der Waals surface area contributed by atoms with Crippen molar-refractivity contribution < 1.29 is 23.7 Å². The zero-order valence-electron chi connectivity index (χ0n) is 10.7. The molecule has 1 rings (SSSR count). The maximum Gasteiger partial charge on any atom is 0.328 e. The number of rotatable bonds is 5. The Labute approximate surface area is 111 Å². The standard InChI is InChI=1S/C12H15ClO5/c1-15-8-5-7(10(13)12(14)18-4)6-9(16-2)11(8)17-3/h5-6,10H,1-4H3. The fraction of sp³-hybridized carbons (Fsp3) is 0.417. The van der Waals surface area contributed by atoms with Gasteiger partial charge in [0, 0.05) is 0 Å². The molecule has 18 heavy (non-hydrogen) atoms. The molecule has 0 aliphatic rings. The molecular weight excluding hydrogens is 260 g/mol. The fourth-order valence-electron chi connectivity index (χ4n) is 1.49. The number of halogens is 1. The van der Waals surface area contributed by atoms with Gasteiger partial charge in [0.25, 0.3) is 0 Å². The highest BCUT2D eigenvalue weighted by atomic mass is 35.5. The molecular formula is C12H15ClO5. The van der Waals surface area contributed by atoms with Gasteiger partial charge in [0.05, 0.1) is 28.4 Å². The average Bonchev–Trinajstić information content (AvgIpc) is 2.43. The molecule has 6 heteroatoms. The summed E-state index contributed by atoms with van der Waals surface area (Å²) >= 11 is 5.98. The van der Waals surface area contributed by atoms with Crippen molar-refractivity contribution in [2.75, 3.05) is 28.4 Å². The Morgan fingerprint density at radius 3 is 1.89 bits per heavy atom. The lowest BCUT2D eigenvalue weighted by atomic mass is 10.1. The maximum atomic E-state index is 11.4. The lowest BCUT2D eigenvalue weighted by Crippen LogP contribution is -2.09. The lowest BCUT2D eigenvalue weighted by Gasteiger charge is -2.15. The molecule has 0 aliphatic carbocycles. The normalized spacial score (nSPS) is 11.6. The van der Waals surface area contributed by atoms with E-state index in [4.69, 9.17) is 25.8 Å². The minimum absolute atomic E-state index is 0.432. The number of esters is 1. The molecule has 0 amide bonds. The van der Waals surface area contributed by atoms with E-state index in [2.05, 4.69) is 4.74 Å². The summed E-state index contributed by atoms with van der Waals surface area (Å²) in [6.07, 6.45) is 0. The Hall–Kier alpha value is -1.62. The minimum Gasteiger partial charge on any atom is -0.493 e. The molecule has 0 radical (unpaired) electrons. The van der Waals surface area contributed by atoms with Crippen LogP contribution in [0.25, 0.3) is 0 Å². The molecule has 0 aromatic heterocycles. The number of benzene rings is 1. The van der Waals surface area contributed by atoms with Crippen molar-refractivity contribution in [2.24, 2.45) is 0 Å². The van der Waals surface area contributed by atoms with E-state index in [1.54, 1.807) is 12.1 Å². The van der Waals surface area contributed by atoms with Crippen LogP contribution in [0, 0.1) is 0 Å². The molecule has 0 fully saturated rings. The van der Waals surface area contributed by atoms with Crippen molar-refractivity contribution in [1.82, 2.24) is 0 Å². The third kappa shape index (κ3) is 2.79. The Bertz CT molecular complexity index is 407. The van der Waals surface area contributed by atoms with Crippen LogP contribution in [0.4, 0.5) is 0 Å². The number of methoxy groups -OCH3 is 4. The Morgan fingerprint density at radius 2 is 1.56 bits per heavy atom. The summed E-state index contributed by atoms with van der Waals surface area (Å²) in [7, 11) is 5.75. The van der Waals surface area contributed by atoms with Gasteiger partial charge in [-0.2, -0.15) is 0 Å². The molecule has 0 N–H and O–H groups in total. The molecule has 1 unspecified atom stereocenters. The van der Waals surface area contributed by atoms with Crippen LogP contribution in [0.15, 0.2) is 12.1 Å². The second kappa shape index (κ2) is 6.35. The van der Waals surface area contributed by atoms with Crippen LogP contribution in [-0.2, 0) is 9.53 Å². The van der Waals surface area contributed by atoms with E-state index < -0.39 is 11.3 Å². The summed E-state index contributed by atoms with van der Waals surface area (Å²) in [5, 5.41) is -0.927. The van der Waals surface area contributed by atoms with Crippen LogP contribution in [0.1, 0.15) is 10.9 Å². The van der Waals surface area contributed by atoms with E-state index in [1.165, 1.54) is 28.4 Å². The number of alkyl halides is 1. The average molecular weight is 275 g/mol. The molecule has 100 valence electrons. The number of carbonyl (C=O) groups is 1. The zero-order valence-corrected chi connectivity index (χ0v) is 11.4. The summed E-state index contributed by atoms with van der Waals surface area (Å²) in [4.78, 5) is 11.4. The predicted molar refractivity (Wildman–Crippen MR) is 66.7 cm³/mol. The SMILES string of the molecule is COC(=O)C(Cl)c1cc(OC)c(OC)c(OC)c1. The number of hydrogen-bond donors (Lipinski definition) is 0. The van der Waals surface area contributed by atoms with E-state index in [0.29, 0.717) is 22.8 Å². The largest absolute Gasteiger partial charge is 0.493 e. The smallest absolute Gasteiger partial charge is 0.328 e. The quantitative estimate of drug-likeness (QED) is 0.608. The van der Waals surface area contributed by atoms with Gasteiger partial charge >= 0.3 is 5.97 Å². The first-order valence-corrected chi connectivity index (χ1v) is 5.54. The molecule has 5 nitrogen and oxygen atoms in total. The molecule has 1 aromatic rings. The van der Waals surface area contributed by atoms with Gasteiger partial charge in [-0.05, 0) is 17.7 Å². The molecule has 0 bridgehead atoms. The van der Waals surface area contributed by atoms with Gasteiger partial charge in [0.15, 0.2) is 16.9 Å². The van der Waals surface area contributed by atoms with Crippen molar-refractivity contribution in [3.05, 3.63) is 17.7 Å². The van der Waals surface area contributed by atoms with Crippen molar-refractivity contribution >= 4 is 17.6 Å². The van der Waals surface area contributed by atoms with Crippen LogP contribution < -0.4 is 14.2 Å². The Balaban J connectivity index is 3.27. The van der Waals surface area contributed by atoms with Crippen molar-refractivity contribution in [3.63, 3.8) is 0 Å². The monoisotopic (exact) mass is 274 g/mol. The van der Waals surface area contributed by atoms with Gasteiger partial charge in [-0.3, -0.25) is 4.79 Å². The molecule has 1 aromatic carbocycles. The first-order chi connectivity index (χ1) is 8.58. The van der Waals surface area contributed by atoms with Gasteiger partial charge < -0.3 is 18.9 Å². The second-order valence-electron chi connectivity index (χ2n) is 3.34. The van der Waals surface area contributed by atoms with Crippen LogP contribution in [0.5, 0.6) is 17.2 Å². The molecule has 1 atom stereocenters. The highest BCUT2D eigenvalue weighted by Crippen LogP contribution is 2.40. The lowest BCUT2D eigenvalue weighted by molar-refractivity contribution is -0.140. The summed E-state index contributed by atoms with van der Waals surface area (Å²) in [5.74, 6) is 0.756. The predicted octanol–water partition coefficient (Wildman–Crippen LogP) is 2.17. The van der Waals surface area contributed by atoms with Crippen molar-refractivity contribution in [2.45, 2.75) is 5.38 Å². The highest BCUT2D eigenvalue weighted by molar-refractivity contribution is 6.30. The van der Waals surface area contributed by atoms with E-state index in [9.17, 15) is 4.79 Å². The number of ether oxygens (including phenoxy) is 4. The van der Waals surface area contributed by atoms with Gasteiger partial charge in [-0.1, -0.05) is 0 Å². The summed E-state index contributed by atoms with van der Waals surface area (Å²) < 4.78 is 20.1. The van der Waals surface area contributed by atoms with E-state index in [-0.39, 0.29) is 0 Å². The molecule has 0 heterocycles. The topological polar surface area (TPSA) is 54.0 Å². The Morgan fingerprint density at radius 1 is 1.06 bits per heavy atom. The number of carbonyl (C=O) groups excluding carboxylic acids is 1. The summed E-state index contributed by atoms with van der Waals surface area (Å²) in [6, 6.07) is 3.21. The minimum atomic E-state index is -0.927. The second-order valence-corrected chi connectivity index (χ2v) is 3.78. The van der Waals surface area contributed by atoms with Gasteiger partial charge in [0.2, 0.25) is 5.75 Å². The van der Waals surface area contributed by atoms with E-state index in [1.807, 2.05) is 0 Å². The van der Waals surface area contributed by atoms with Gasteiger partial charge in [-0.15, -0.1) is 11.6 Å². The summed E-state index contributed by atoms with van der Waals surface area (Å²) in [5.41, 5.74) is 0.512. The van der Waals surface area contributed by atoms with Crippen LogP contribution >= 0.6 is 11.6 Å². The van der Waals surface area contributed by atoms with E-state index >= 15 is 0 Å². The summed E-state index contributed by atoms with van der Waals surface area (Å²) in [6.45, 7) is 0. The molecule has 0 aliphatic heterocycles. The first kappa shape index (κ1) is 14.4. The zero-order chi connectivity index (χ0) is 13.7. The van der Waals surface area contributed by atoms with Crippen LogP contribution in [0.2, 0.25) is 0 Å². The molecule has 0 saturated carbocycles. The molecule has 0 saturated heterocycles. The number of hydrogen-bond acceptors (Lipinski definition) is 5. The maximum absolute atomic E-state index is 11.4.